The molecule has 1 aromatic rings. The highest BCUT2D eigenvalue weighted by Gasteiger charge is 2.18. The largest absolute Gasteiger partial charge is 0.475 e. The number of hydrogen-bond acceptors (Lipinski definition) is 3. The van der Waals surface area contributed by atoms with E-state index in [0.717, 1.165) is 31.1 Å². The minimum absolute atomic E-state index is 0.0375. The van der Waals surface area contributed by atoms with Gasteiger partial charge in [-0.05, 0) is 31.5 Å². The molecule has 0 aliphatic heterocycles. The fraction of sp³-hybridized carbons (Fsp3) is 0.688. The van der Waals surface area contributed by atoms with Crippen LogP contribution in [0.25, 0.3) is 0 Å². The van der Waals surface area contributed by atoms with Gasteiger partial charge in [0, 0.05) is 18.0 Å². The van der Waals surface area contributed by atoms with Crippen molar-refractivity contribution in [3.05, 3.63) is 23.4 Å². The van der Waals surface area contributed by atoms with Gasteiger partial charge in [0.1, 0.15) is 0 Å². The molecule has 0 radical (unpaired) electrons. The summed E-state index contributed by atoms with van der Waals surface area (Å²) in [5.41, 5.74) is 2.36. The number of rotatable bonds is 6. The van der Waals surface area contributed by atoms with Crippen LogP contribution >= 0.6 is 0 Å². The van der Waals surface area contributed by atoms with E-state index in [1.54, 1.807) is 0 Å². The molecule has 0 amide bonds. The first-order valence-electron chi connectivity index (χ1n) is 7.25. The Kier molecular flexibility index (Phi) is 5.80. The third kappa shape index (κ3) is 5.19. The van der Waals surface area contributed by atoms with E-state index in [2.05, 4.69) is 57.9 Å². The number of nitrogens with zero attached hydrogens (tertiary/aromatic N) is 1. The predicted molar refractivity (Wildman–Crippen MR) is 80.7 cm³/mol. The van der Waals surface area contributed by atoms with Crippen molar-refractivity contribution >= 4 is 0 Å². The number of ether oxygens (including phenoxy) is 1. The van der Waals surface area contributed by atoms with Crippen molar-refractivity contribution < 1.29 is 4.74 Å². The summed E-state index contributed by atoms with van der Waals surface area (Å²) >= 11 is 0. The summed E-state index contributed by atoms with van der Waals surface area (Å²) in [6.07, 6.45) is 1.19. The van der Waals surface area contributed by atoms with Crippen molar-refractivity contribution in [1.82, 2.24) is 10.3 Å². The molecule has 0 aliphatic carbocycles. The molecule has 3 nitrogen and oxygen atoms in total. The van der Waals surface area contributed by atoms with Gasteiger partial charge in [0.2, 0.25) is 5.88 Å². The lowest BCUT2D eigenvalue weighted by Gasteiger charge is -2.21. The fourth-order valence-electron chi connectivity index (χ4n) is 1.66. The standard InChI is InChI=1S/C16H28N2O/c1-7-12(3)19-15-10-13(11-17-8-2)9-14(18-15)16(4,5)6/h9-10,12,17H,7-8,11H2,1-6H3. The van der Waals surface area contributed by atoms with Gasteiger partial charge >= 0.3 is 0 Å². The van der Waals surface area contributed by atoms with Gasteiger partial charge in [-0.15, -0.1) is 0 Å². The first-order valence-corrected chi connectivity index (χ1v) is 7.25. The summed E-state index contributed by atoms with van der Waals surface area (Å²) in [5.74, 6) is 0.745. The van der Waals surface area contributed by atoms with Crippen LogP contribution in [0.15, 0.2) is 12.1 Å². The van der Waals surface area contributed by atoms with Gasteiger partial charge in [-0.1, -0.05) is 34.6 Å². The van der Waals surface area contributed by atoms with Gasteiger partial charge in [0.05, 0.1) is 11.8 Å². The van der Waals surface area contributed by atoms with Gasteiger partial charge in [-0.3, -0.25) is 0 Å². The van der Waals surface area contributed by atoms with E-state index in [0.29, 0.717) is 0 Å². The molecule has 0 saturated carbocycles. The average molecular weight is 264 g/mol. The molecular weight excluding hydrogens is 236 g/mol. The molecule has 1 rings (SSSR count). The first kappa shape index (κ1) is 16.0. The van der Waals surface area contributed by atoms with E-state index in [1.165, 1.54) is 5.56 Å². The van der Waals surface area contributed by atoms with E-state index in [-0.39, 0.29) is 11.5 Å². The molecule has 0 spiro atoms. The summed E-state index contributed by atoms with van der Waals surface area (Å²) in [7, 11) is 0. The lowest BCUT2D eigenvalue weighted by molar-refractivity contribution is 0.207. The van der Waals surface area contributed by atoms with Crippen molar-refractivity contribution in [3.63, 3.8) is 0 Å². The van der Waals surface area contributed by atoms with Crippen LogP contribution in [0, 0.1) is 0 Å². The molecule has 1 atom stereocenters. The van der Waals surface area contributed by atoms with Gasteiger partial charge in [0.15, 0.2) is 0 Å². The van der Waals surface area contributed by atoms with Gasteiger partial charge in [-0.2, -0.15) is 0 Å². The summed E-state index contributed by atoms with van der Waals surface area (Å²) < 4.78 is 5.88. The summed E-state index contributed by atoms with van der Waals surface area (Å²) in [6, 6.07) is 4.22. The van der Waals surface area contributed by atoms with Gasteiger partial charge in [-0.25, -0.2) is 4.98 Å². The molecule has 1 aromatic heterocycles. The predicted octanol–water partition coefficient (Wildman–Crippen LogP) is 3.67. The summed E-state index contributed by atoms with van der Waals surface area (Å²) in [4.78, 5) is 4.65. The molecule has 1 unspecified atom stereocenters. The average Bonchev–Trinajstić information content (AvgIpc) is 2.34. The third-order valence-corrected chi connectivity index (χ3v) is 3.11. The number of pyridine rings is 1. The monoisotopic (exact) mass is 264 g/mol. The lowest BCUT2D eigenvalue weighted by Crippen LogP contribution is -2.19. The molecule has 0 fully saturated rings. The Labute approximate surface area is 117 Å². The summed E-state index contributed by atoms with van der Waals surface area (Å²) in [5, 5.41) is 3.35. The van der Waals surface area contributed by atoms with E-state index in [1.807, 2.05) is 6.07 Å². The second kappa shape index (κ2) is 6.90. The zero-order valence-corrected chi connectivity index (χ0v) is 13.2. The fourth-order valence-corrected chi connectivity index (χ4v) is 1.66. The van der Waals surface area contributed by atoms with Crippen molar-refractivity contribution in [2.45, 2.75) is 66.0 Å². The molecule has 1 heterocycles. The third-order valence-electron chi connectivity index (χ3n) is 3.11. The Morgan fingerprint density at radius 3 is 2.47 bits per heavy atom. The molecule has 0 aliphatic rings. The Bertz CT molecular complexity index is 396. The molecule has 19 heavy (non-hydrogen) atoms. The maximum Gasteiger partial charge on any atom is 0.214 e. The maximum atomic E-state index is 5.88. The van der Waals surface area contributed by atoms with E-state index in [9.17, 15) is 0 Å². The zero-order chi connectivity index (χ0) is 14.5. The number of nitrogens with one attached hydrogen (secondary N) is 1. The highest BCUT2D eigenvalue weighted by molar-refractivity contribution is 5.28. The Morgan fingerprint density at radius 1 is 1.26 bits per heavy atom. The van der Waals surface area contributed by atoms with Crippen LogP contribution in [0.4, 0.5) is 0 Å². The van der Waals surface area contributed by atoms with E-state index in [4.69, 9.17) is 4.74 Å². The van der Waals surface area contributed by atoms with Gasteiger partial charge < -0.3 is 10.1 Å². The van der Waals surface area contributed by atoms with Crippen molar-refractivity contribution in [3.8, 4) is 5.88 Å². The SMILES string of the molecule is CCNCc1cc(OC(C)CC)nc(C(C)(C)C)c1. The topological polar surface area (TPSA) is 34.1 Å². The Balaban J connectivity index is 3.02. The lowest BCUT2D eigenvalue weighted by atomic mass is 9.91. The highest BCUT2D eigenvalue weighted by Crippen LogP contribution is 2.25. The highest BCUT2D eigenvalue weighted by atomic mass is 16.5. The molecule has 1 N–H and O–H groups in total. The van der Waals surface area contributed by atoms with Crippen molar-refractivity contribution in [2.24, 2.45) is 0 Å². The number of hydrogen-bond donors (Lipinski definition) is 1. The molecule has 3 heteroatoms. The van der Waals surface area contributed by atoms with Crippen molar-refractivity contribution in [2.75, 3.05) is 6.54 Å². The van der Waals surface area contributed by atoms with Crippen LogP contribution in [0.3, 0.4) is 0 Å². The van der Waals surface area contributed by atoms with E-state index < -0.39 is 0 Å². The van der Waals surface area contributed by atoms with Crippen molar-refractivity contribution in [1.29, 1.82) is 0 Å². The van der Waals surface area contributed by atoms with Crippen LogP contribution in [0.5, 0.6) is 5.88 Å². The van der Waals surface area contributed by atoms with Crippen LogP contribution < -0.4 is 10.1 Å². The smallest absolute Gasteiger partial charge is 0.214 e. The molecular formula is C16H28N2O. The Hall–Kier alpha value is -1.09. The van der Waals surface area contributed by atoms with E-state index >= 15 is 0 Å². The molecule has 0 aromatic carbocycles. The number of aromatic nitrogens is 1. The van der Waals surface area contributed by atoms with Crippen LogP contribution in [-0.4, -0.2) is 17.6 Å². The van der Waals surface area contributed by atoms with Crippen LogP contribution in [0.2, 0.25) is 0 Å². The molecule has 0 bridgehead atoms. The zero-order valence-electron chi connectivity index (χ0n) is 13.2. The Morgan fingerprint density at radius 2 is 1.95 bits per heavy atom. The minimum Gasteiger partial charge on any atom is -0.475 e. The quantitative estimate of drug-likeness (QED) is 0.851. The van der Waals surface area contributed by atoms with Crippen LogP contribution in [-0.2, 0) is 12.0 Å². The molecule has 0 saturated heterocycles. The first-order chi connectivity index (χ1) is 8.86. The molecule has 108 valence electrons. The summed E-state index contributed by atoms with van der Waals surface area (Å²) in [6.45, 7) is 14.7. The minimum atomic E-state index is 0.0375. The second-order valence-corrected chi connectivity index (χ2v) is 6.07. The normalized spacial score (nSPS) is 13.4. The van der Waals surface area contributed by atoms with Gasteiger partial charge in [0.25, 0.3) is 0 Å². The van der Waals surface area contributed by atoms with Crippen LogP contribution in [0.1, 0.15) is 59.2 Å². The maximum absolute atomic E-state index is 5.88. The second-order valence-electron chi connectivity index (χ2n) is 6.07.